The van der Waals surface area contributed by atoms with Gasteiger partial charge in [-0.1, -0.05) is 12.1 Å². The number of carboxylic acids is 1. The first-order valence-corrected chi connectivity index (χ1v) is 6.82. The van der Waals surface area contributed by atoms with E-state index in [-0.39, 0.29) is 11.5 Å². The molecule has 0 heterocycles. The number of amides is 1. The van der Waals surface area contributed by atoms with Crippen molar-refractivity contribution in [1.29, 1.82) is 0 Å². The van der Waals surface area contributed by atoms with Crippen molar-refractivity contribution in [3.05, 3.63) is 35.4 Å². The average Bonchev–Trinajstić information content (AvgIpc) is 3.21. The quantitative estimate of drug-likeness (QED) is 0.788. The van der Waals surface area contributed by atoms with Crippen LogP contribution >= 0.6 is 0 Å². The number of benzene rings is 1. The van der Waals surface area contributed by atoms with Crippen molar-refractivity contribution >= 4 is 11.9 Å². The summed E-state index contributed by atoms with van der Waals surface area (Å²) in [7, 11) is 1.88. The molecule has 1 amide bonds. The second kappa shape index (κ2) is 6.52. The van der Waals surface area contributed by atoms with Crippen molar-refractivity contribution in [1.82, 2.24) is 10.2 Å². The molecule has 1 aliphatic rings. The van der Waals surface area contributed by atoms with Crippen LogP contribution in [0.3, 0.4) is 0 Å². The molecule has 0 radical (unpaired) electrons. The van der Waals surface area contributed by atoms with Gasteiger partial charge in [0.05, 0.1) is 12.1 Å². The van der Waals surface area contributed by atoms with Crippen LogP contribution in [0.1, 0.15) is 28.8 Å². The van der Waals surface area contributed by atoms with Gasteiger partial charge in [-0.25, -0.2) is 4.79 Å². The molecule has 5 nitrogen and oxygen atoms in total. The Labute approximate surface area is 118 Å². The predicted octanol–water partition coefficient (Wildman–Crippen LogP) is 1.34. The van der Waals surface area contributed by atoms with Crippen molar-refractivity contribution < 1.29 is 14.7 Å². The maximum absolute atomic E-state index is 11.7. The fourth-order valence-corrected chi connectivity index (χ4v) is 2.00. The Balaban J connectivity index is 1.76. The summed E-state index contributed by atoms with van der Waals surface area (Å²) < 4.78 is 0. The molecule has 0 atom stereocenters. The third-order valence-corrected chi connectivity index (χ3v) is 3.35. The number of nitrogens with one attached hydrogen (secondary N) is 1. The minimum Gasteiger partial charge on any atom is -0.478 e. The van der Waals surface area contributed by atoms with Crippen LogP contribution < -0.4 is 5.32 Å². The van der Waals surface area contributed by atoms with Crippen LogP contribution in [0.15, 0.2) is 24.3 Å². The normalized spacial score (nSPS) is 14.3. The summed E-state index contributed by atoms with van der Waals surface area (Å²) >= 11 is 0. The maximum Gasteiger partial charge on any atom is 0.335 e. The molecule has 20 heavy (non-hydrogen) atoms. The lowest BCUT2D eigenvalue weighted by atomic mass is 10.1. The molecule has 2 rings (SSSR count). The third kappa shape index (κ3) is 4.66. The van der Waals surface area contributed by atoms with Crippen LogP contribution in [0, 0.1) is 5.92 Å². The van der Waals surface area contributed by atoms with Crippen LogP contribution in [-0.2, 0) is 11.3 Å². The van der Waals surface area contributed by atoms with Gasteiger partial charge in [0.15, 0.2) is 0 Å². The lowest BCUT2D eigenvalue weighted by molar-refractivity contribution is -0.122. The Hall–Kier alpha value is -1.88. The Morgan fingerprint density at radius 3 is 2.50 bits per heavy atom. The first-order chi connectivity index (χ1) is 9.54. The van der Waals surface area contributed by atoms with Gasteiger partial charge in [-0.2, -0.15) is 0 Å². The van der Waals surface area contributed by atoms with E-state index in [1.165, 1.54) is 12.8 Å². The zero-order chi connectivity index (χ0) is 14.5. The van der Waals surface area contributed by atoms with Gasteiger partial charge in [0.25, 0.3) is 0 Å². The highest BCUT2D eigenvalue weighted by molar-refractivity contribution is 5.87. The van der Waals surface area contributed by atoms with E-state index in [2.05, 4.69) is 5.32 Å². The highest BCUT2D eigenvalue weighted by atomic mass is 16.4. The van der Waals surface area contributed by atoms with E-state index in [9.17, 15) is 9.59 Å². The van der Waals surface area contributed by atoms with Gasteiger partial charge in [0, 0.05) is 13.1 Å². The van der Waals surface area contributed by atoms with E-state index in [0.29, 0.717) is 19.0 Å². The molecule has 1 saturated carbocycles. The molecule has 108 valence electrons. The zero-order valence-electron chi connectivity index (χ0n) is 11.6. The highest BCUT2D eigenvalue weighted by Crippen LogP contribution is 2.27. The lowest BCUT2D eigenvalue weighted by Gasteiger charge is -2.16. The minimum atomic E-state index is -0.927. The molecule has 1 aromatic rings. The van der Waals surface area contributed by atoms with Crippen molar-refractivity contribution in [3.63, 3.8) is 0 Å². The molecule has 0 bridgehead atoms. The molecule has 0 spiro atoms. The monoisotopic (exact) mass is 276 g/mol. The second-order valence-corrected chi connectivity index (χ2v) is 5.42. The number of likely N-dealkylation sites (N-methyl/N-ethyl adjacent to an activating group) is 1. The number of nitrogens with zero attached hydrogens (tertiary/aromatic N) is 1. The number of carboxylic acid groups (broad SMARTS) is 1. The van der Waals surface area contributed by atoms with Crippen molar-refractivity contribution in [2.75, 3.05) is 20.1 Å². The summed E-state index contributed by atoms with van der Waals surface area (Å²) in [5.41, 5.74) is 1.27. The summed E-state index contributed by atoms with van der Waals surface area (Å²) in [6.45, 7) is 1.77. The van der Waals surface area contributed by atoms with E-state index in [1.54, 1.807) is 24.3 Å². The van der Waals surface area contributed by atoms with Crippen molar-refractivity contribution in [2.45, 2.75) is 19.4 Å². The van der Waals surface area contributed by atoms with E-state index < -0.39 is 5.97 Å². The molecule has 2 N–H and O–H groups in total. The molecule has 1 aromatic carbocycles. The number of carbonyl (C=O) groups excluding carboxylic acids is 1. The summed E-state index contributed by atoms with van der Waals surface area (Å²) in [4.78, 5) is 24.4. The average molecular weight is 276 g/mol. The molecule has 1 fully saturated rings. The fourth-order valence-electron chi connectivity index (χ4n) is 2.00. The summed E-state index contributed by atoms with van der Waals surface area (Å²) in [6.07, 6.45) is 2.46. The van der Waals surface area contributed by atoms with Gasteiger partial charge in [0.1, 0.15) is 0 Å². The first kappa shape index (κ1) is 14.5. The van der Waals surface area contributed by atoms with Gasteiger partial charge in [-0.05, 0) is 43.5 Å². The second-order valence-electron chi connectivity index (χ2n) is 5.42. The molecule has 5 heteroatoms. The maximum atomic E-state index is 11.7. The fraction of sp³-hybridized carbons (Fsp3) is 0.467. The molecule has 0 saturated heterocycles. The van der Waals surface area contributed by atoms with Crippen molar-refractivity contribution in [2.24, 2.45) is 5.92 Å². The Bertz CT molecular complexity index is 480. The molecular weight excluding hydrogens is 256 g/mol. The lowest BCUT2D eigenvalue weighted by Crippen LogP contribution is -2.35. The van der Waals surface area contributed by atoms with Gasteiger partial charge in [-0.15, -0.1) is 0 Å². The Morgan fingerprint density at radius 2 is 1.95 bits per heavy atom. The molecule has 0 aliphatic heterocycles. The first-order valence-electron chi connectivity index (χ1n) is 6.82. The van der Waals surface area contributed by atoms with Gasteiger partial charge >= 0.3 is 5.97 Å². The predicted molar refractivity (Wildman–Crippen MR) is 75.5 cm³/mol. The zero-order valence-corrected chi connectivity index (χ0v) is 11.6. The largest absolute Gasteiger partial charge is 0.478 e. The SMILES string of the molecule is CN(CC(=O)NCC1CC1)Cc1ccc(C(=O)O)cc1. The number of hydrogen-bond donors (Lipinski definition) is 2. The molecule has 1 aliphatic carbocycles. The van der Waals surface area contributed by atoms with Gasteiger partial charge in [0.2, 0.25) is 5.91 Å². The smallest absolute Gasteiger partial charge is 0.335 e. The van der Waals surface area contributed by atoms with E-state index in [1.807, 2.05) is 11.9 Å². The number of rotatable bonds is 7. The van der Waals surface area contributed by atoms with E-state index in [0.717, 1.165) is 12.1 Å². The topological polar surface area (TPSA) is 69.6 Å². The van der Waals surface area contributed by atoms with Crippen LogP contribution in [0.2, 0.25) is 0 Å². The number of carbonyl (C=O) groups is 2. The van der Waals surface area contributed by atoms with E-state index in [4.69, 9.17) is 5.11 Å². The van der Waals surface area contributed by atoms with Crippen LogP contribution in [0.25, 0.3) is 0 Å². The number of hydrogen-bond acceptors (Lipinski definition) is 3. The molecule has 0 unspecified atom stereocenters. The summed E-state index contributed by atoms with van der Waals surface area (Å²) in [5.74, 6) is -0.196. The highest BCUT2D eigenvalue weighted by Gasteiger charge is 2.21. The standard InChI is InChI=1S/C15H20N2O3/c1-17(10-14(18)16-8-11-2-3-11)9-12-4-6-13(7-5-12)15(19)20/h4-7,11H,2-3,8-10H2,1H3,(H,16,18)(H,19,20). The van der Waals surface area contributed by atoms with Crippen LogP contribution in [0.4, 0.5) is 0 Å². The molecule has 0 aromatic heterocycles. The number of aromatic carboxylic acids is 1. The molecular formula is C15H20N2O3. The van der Waals surface area contributed by atoms with Crippen molar-refractivity contribution in [3.8, 4) is 0 Å². The summed E-state index contributed by atoms with van der Waals surface area (Å²) in [6, 6.07) is 6.72. The van der Waals surface area contributed by atoms with Gasteiger partial charge < -0.3 is 10.4 Å². The Kier molecular flexibility index (Phi) is 4.74. The van der Waals surface area contributed by atoms with Crippen LogP contribution in [-0.4, -0.2) is 42.0 Å². The minimum absolute atomic E-state index is 0.0431. The van der Waals surface area contributed by atoms with Gasteiger partial charge in [-0.3, -0.25) is 9.69 Å². The summed E-state index contributed by atoms with van der Waals surface area (Å²) in [5, 5.41) is 11.7. The van der Waals surface area contributed by atoms with E-state index >= 15 is 0 Å². The Morgan fingerprint density at radius 1 is 1.30 bits per heavy atom. The van der Waals surface area contributed by atoms with Crippen LogP contribution in [0.5, 0.6) is 0 Å². The third-order valence-electron chi connectivity index (χ3n) is 3.35.